The highest BCUT2D eigenvalue weighted by Gasteiger charge is 2.47. The summed E-state index contributed by atoms with van der Waals surface area (Å²) in [6, 6.07) is 20.4. The standard InChI is InChI=1S/C40H46N10O8S.C21H27N7O4S.C19H19N3O5/c1-59(57,58)28-7-4-25(5-8-28)43-36-34(35(41)52)42-18-32(45-36)49-14-2-3-26(22-49)44-37(53)24-20-47(21-24)19-23-12-15-48(16-13-23)27-6-9-29-30(17-27)40(56)50(39(29)55)31-10-11-33(51)46-38(31)54;1-33(31,32)16-6-4-14(5-7-16)25-20-18(19(22)29)24-11-17(27-20)28-8-2-3-15(12-28)26-21(30)13-9-23-10-13;23-10-11-5-7-21(8-6-11)12-1-2-13-14(9-12)19(27)22(18(13)26)15-3-4-16(24)20-17(15)25/h4-9,17-18,23-24,26,31H,2-3,10-16,19-22H2,1H3,(H2,41,52)(H,43,45)(H,44,53)(H,46,51,54);4-7,11,13,15,23H,2-3,8-10,12H2,1H3,(H2,22,29)(H,25,27)(H,26,30);1-2,9-11,15H,3-8H2,(H,20,24,25). The lowest BCUT2D eigenvalue weighted by Gasteiger charge is -2.43. The number of benzene rings is 4. The average Bonchev–Trinajstić information content (AvgIpc) is 1.61. The molecule has 0 bridgehead atoms. The van der Waals surface area contributed by atoms with Crippen molar-refractivity contribution in [2.24, 2.45) is 35.1 Å². The van der Waals surface area contributed by atoms with Gasteiger partial charge in [0.25, 0.3) is 35.4 Å². The molecule has 0 radical (unpaired) electrons. The molecule has 4 aromatic carbocycles. The van der Waals surface area contributed by atoms with Crippen molar-refractivity contribution >= 4 is 143 Å². The number of nitrogens with two attached hydrogens (primary N) is 2. The Hall–Kier alpha value is -12.2. The SMILES string of the molecule is CS(=O)(=O)c1ccc(Nc2nc(N3CCCC(NC(=O)C4CN(CC5CCN(c6ccc7c(c6)C(=O)N(C6CCC(=O)NC6=O)C7=O)CC5)C4)C3)cnc2C(N)=O)cc1.CS(=O)(=O)c1ccc(Nc2nc(N3CCCC(NC(=O)C4CNC4)C3)cnc2C(N)=O)cc1.O=CC1CCN(c2ccc3c(c2)C(=O)N(C2CCC(=O)NC2=O)C3=O)CC1. The van der Waals surface area contributed by atoms with Crippen LogP contribution in [0.5, 0.6) is 0 Å². The third-order valence-corrected chi connectivity index (χ3v) is 25.4. The average molecular weight is 1670 g/mol. The molecule has 8 fully saturated rings. The summed E-state index contributed by atoms with van der Waals surface area (Å²) in [7, 11) is -6.70. The molecule has 0 aliphatic carbocycles. The fraction of sp³-hybridized carbons (Fsp3) is 0.438. The van der Waals surface area contributed by atoms with E-state index in [4.69, 9.17) is 11.5 Å². The first-order valence-electron chi connectivity index (χ1n) is 39.6. The van der Waals surface area contributed by atoms with E-state index in [0.717, 1.165) is 118 Å². The molecule has 12 heterocycles. The Morgan fingerprint density at radius 3 is 1.29 bits per heavy atom. The second kappa shape index (κ2) is 35.1. The number of likely N-dealkylation sites (tertiary alicyclic amines) is 1. The summed E-state index contributed by atoms with van der Waals surface area (Å²) in [5.74, 6) is -3.65. The number of anilines is 8. The van der Waals surface area contributed by atoms with Gasteiger partial charge in [0.1, 0.15) is 30.0 Å². The van der Waals surface area contributed by atoms with Crippen LogP contribution in [0.25, 0.3) is 0 Å². The molecule has 37 nitrogen and oxygen atoms in total. The normalized spacial score (nSPS) is 21.4. The molecular weight excluding hydrogens is 1580 g/mol. The topological polar surface area (TPSA) is 501 Å². The van der Waals surface area contributed by atoms with Gasteiger partial charge in [0, 0.05) is 151 Å². The van der Waals surface area contributed by atoms with Crippen molar-refractivity contribution in [3.8, 4) is 0 Å². The van der Waals surface area contributed by atoms with Gasteiger partial charge in [-0.3, -0.25) is 78.0 Å². The molecule has 8 saturated heterocycles. The minimum absolute atomic E-state index is 0.00409. The Kier molecular flexibility index (Phi) is 24.6. The molecule has 0 saturated carbocycles. The summed E-state index contributed by atoms with van der Waals surface area (Å²) in [6.07, 6.45) is 13.4. The number of nitrogens with one attached hydrogen (secondary N) is 7. The first kappa shape index (κ1) is 83.3. The van der Waals surface area contributed by atoms with Gasteiger partial charge in [0.05, 0.1) is 56.3 Å². The molecule has 39 heteroatoms. The second-order valence-corrected chi connectivity index (χ2v) is 35.6. The molecule has 11 N–H and O–H groups in total. The number of amides is 12. The van der Waals surface area contributed by atoms with Gasteiger partial charge in [-0.05, 0) is 155 Å². The number of imide groups is 4. The lowest BCUT2D eigenvalue weighted by Crippen LogP contribution is -2.58. The van der Waals surface area contributed by atoms with Crippen LogP contribution in [-0.4, -0.2) is 250 Å². The van der Waals surface area contributed by atoms with E-state index >= 15 is 0 Å². The quantitative estimate of drug-likeness (QED) is 0.0365. The Balaban J connectivity index is 0.000000162. The number of primary amides is 2. The molecule has 10 aliphatic rings. The summed E-state index contributed by atoms with van der Waals surface area (Å²) in [4.78, 5) is 191. The maximum absolute atomic E-state index is 13.3. The summed E-state index contributed by atoms with van der Waals surface area (Å²) < 4.78 is 47.1. The number of piperidine rings is 6. The molecule has 4 atom stereocenters. The highest BCUT2D eigenvalue weighted by molar-refractivity contribution is 7.91. The first-order chi connectivity index (χ1) is 56.9. The number of carbonyl (C=O) groups is 13. The lowest BCUT2D eigenvalue weighted by atomic mass is 9.91. The molecule has 0 spiro atoms. The van der Waals surface area contributed by atoms with Crippen molar-refractivity contribution in [1.29, 1.82) is 0 Å². The highest BCUT2D eigenvalue weighted by Crippen LogP contribution is 2.37. The van der Waals surface area contributed by atoms with E-state index in [0.29, 0.717) is 87.8 Å². The molecule has 12 amide bonds. The number of aromatic nitrogens is 4. The van der Waals surface area contributed by atoms with Gasteiger partial charge < -0.3 is 67.3 Å². The van der Waals surface area contributed by atoms with Crippen LogP contribution < -0.4 is 68.3 Å². The number of sulfone groups is 2. The summed E-state index contributed by atoms with van der Waals surface area (Å²) >= 11 is 0. The number of nitrogens with zero attached hydrogens (tertiary/aromatic N) is 11. The zero-order chi connectivity index (χ0) is 84.3. The number of hydrogen-bond acceptors (Lipinski definition) is 29. The number of fused-ring (bicyclic) bond motifs is 2. The summed E-state index contributed by atoms with van der Waals surface area (Å²) in [5.41, 5.74) is 14.8. The molecule has 626 valence electrons. The third kappa shape index (κ3) is 18.9. The van der Waals surface area contributed by atoms with Crippen LogP contribution in [0.3, 0.4) is 0 Å². The number of carbonyl (C=O) groups excluding carboxylic acids is 13. The monoisotopic (exact) mass is 1670 g/mol. The molecule has 2 aromatic heterocycles. The Morgan fingerprint density at radius 1 is 0.496 bits per heavy atom. The van der Waals surface area contributed by atoms with Crippen LogP contribution in [0.1, 0.15) is 139 Å². The van der Waals surface area contributed by atoms with Crippen molar-refractivity contribution in [1.82, 2.24) is 61.2 Å². The molecule has 16 rings (SSSR count). The number of hydrogen-bond donors (Lipinski definition) is 9. The van der Waals surface area contributed by atoms with E-state index in [-0.39, 0.29) is 122 Å². The zero-order valence-electron chi connectivity index (χ0n) is 65.4. The molecule has 10 aliphatic heterocycles. The highest BCUT2D eigenvalue weighted by atomic mass is 32.2. The summed E-state index contributed by atoms with van der Waals surface area (Å²) in [5, 5.41) is 19.9. The zero-order valence-corrected chi connectivity index (χ0v) is 67.1. The lowest BCUT2D eigenvalue weighted by molar-refractivity contribution is -0.137. The smallest absolute Gasteiger partial charge is 0.271 e. The third-order valence-electron chi connectivity index (χ3n) is 23.2. The van der Waals surface area contributed by atoms with Gasteiger partial charge in [-0.15, -0.1) is 0 Å². The van der Waals surface area contributed by atoms with Gasteiger partial charge in [0.2, 0.25) is 35.4 Å². The van der Waals surface area contributed by atoms with E-state index in [1.165, 1.54) is 36.7 Å². The van der Waals surface area contributed by atoms with Gasteiger partial charge in [0.15, 0.2) is 42.7 Å². The molecular formula is C80H92N20O17S2. The largest absolute Gasteiger partial charge is 0.371 e. The first-order valence-corrected chi connectivity index (χ1v) is 43.4. The fourth-order valence-electron chi connectivity index (χ4n) is 16.4. The minimum Gasteiger partial charge on any atom is -0.371 e. The molecule has 6 aromatic rings. The van der Waals surface area contributed by atoms with Gasteiger partial charge in [-0.25, -0.2) is 36.8 Å². The molecule has 4 unspecified atom stereocenters. The van der Waals surface area contributed by atoms with Gasteiger partial charge in [-0.1, -0.05) is 0 Å². The van der Waals surface area contributed by atoms with Crippen molar-refractivity contribution in [2.75, 3.05) is 128 Å². The van der Waals surface area contributed by atoms with E-state index in [2.05, 4.69) is 71.9 Å². The minimum atomic E-state index is -3.38. The predicted molar refractivity (Wildman–Crippen MR) is 432 cm³/mol. The predicted octanol–water partition coefficient (Wildman–Crippen LogP) is 1.59. The Labute approximate surface area is 684 Å². The van der Waals surface area contributed by atoms with Crippen LogP contribution in [0.15, 0.2) is 107 Å². The van der Waals surface area contributed by atoms with Crippen LogP contribution in [-0.2, 0) is 53.2 Å². The van der Waals surface area contributed by atoms with E-state index in [1.54, 1.807) is 54.6 Å². The van der Waals surface area contributed by atoms with Crippen LogP contribution in [0.4, 0.5) is 46.0 Å². The van der Waals surface area contributed by atoms with Crippen molar-refractivity contribution < 1.29 is 79.2 Å². The summed E-state index contributed by atoms with van der Waals surface area (Å²) in [6.45, 7) is 9.19. The van der Waals surface area contributed by atoms with Gasteiger partial charge in [-0.2, -0.15) is 0 Å². The van der Waals surface area contributed by atoms with Crippen LogP contribution in [0, 0.1) is 23.7 Å². The van der Waals surface area contributed by atoms with E-state index in [1.807, 2.05) is 15.9 Å². The molecule has 119 heavy (non-hydrogen) atoms. The van der Waals surface area contributed by atoms with Crippen molar-refractivity contribution in [3.63, 3.8) is 0 Å². The Bertz CT molecular complexity index is 5300. The van der Waals surface area contributed by atoms with Crippen molar-refractivity contribution in [3.05, 3.63) is 131 Å². The maximum Gasteiger partial charge on any atom is 0.271 e. The van der Waals surface area contributed by atoms with Gasteiger partial charge >= 0.3 is 0 Å². The number of rotatable bonds is 21. The number of aldehydes is 1. The van der Waals surface area contributed by atoms with Crippen LogP contribution in [0.2, 0.25) is 0 Å². The second-order valence-electron chi connectivity index (χ2n) is 31.5. The van der Waals surface area contributed by atoms with Crippen molar-refractivity contribution in [2.45, 2.75) is 111 Å². The Morgan fingerprint density at radius 2 is 0.908 bits per heavy atom. The van der Waals surface area contributed by atoms with E-state index < -0.39 is 90.8 Å². The fourth-order valence-corrected chi connectivity index (χ4v) is 17.7. The van der Waals surface area contributed by atoms with Crippen LogP contribution >= 0.6 is 0 Å². The van der Waals surface area contributed by atoms with E-state index in [9.17, 15) is 79.2 Å². The maximum atomic E-state index is 13.3.